The average molecular weight is 418 g/mol. The number of hydrogen-bond donors (Lipinski definition) is 1. The number of nitrogens with zero attached hydrogens (tertiary/aromatic N) is 3. The van der Waals surface area contributed by atoms with Gasteiger partial charge < -0.3 is 14.7 Å². The Morgan fingerprint density at radius 3 is 2.45 bits per heavy atom. The van der Waals surface area contributed by atoms with E-state index >= 15 is 0 Å². The van der Waals surface area contributed by atoms with Crippen LogP contribution in [0.5, 0.6) is 0 Å². The highest BCUT2D eigenvalue weighted by Crippen LogP contribution is 2.29. The second-order valence-corrected chi connectivity index (χ2v) is 8.59. The first kappa shape index (κ1) is 21.1. The summed E-state index contributed by atoms with van der Waals surface area (Å²) in [5, 5.41) is 8.93. The van der Waals surface area contributed by atoms with Gasteiger partial charge in [0.2, 0.25) is 11.8 Å². The molecule has 0 saturated carbocycles. The maximum absolute atomic E-state index is 13.1. The number of nitriles is 1. The average Bonchev–Trinajstić information content (AvgIpc) is 3.21. The molecule has 0 aromatic heterocycles. The third-order valence-corrected chi connectivity index (χ3v) is 6.58. The summed E-state index contributed by atoms with van der Waals surface area (Å²) in [6.45, 7) is 6.69. The van der Waals surface area contributed by atoms with Gasteiger partial charge in [-0.25, -0.2) is 0 Å². The Hall–Kier alpha value is -3.17. The monoisotopic (exact) mass is 417 g/mol. The topological polar surface area (TPSA) is 68.8 Å². The number of hydrogen-bond acceptors (Lipinski definition) is 3. The van der Waals surface area contributed by atoms with E-state index in [0.29, 0.717) is 18.5 Å². The van der Waals surface area contributed by atoms with Crippen LogP contribution < -0.4 is 4.90 Å². The number of piperazine rings is 1. The number of likely N-dealkylation sites (tertiary alicyclic amines) is 1. The van der Waals surface area contributed by atoms with E-state index in [1.54, 1.807) is 0 Å². The quantitative estimate of drug-likeness (QED) is 0.800. The molecule has 2 aliphatic rings. The lowest BCUT2D eigenvalue weighted by Crippen LogP contribution is -3.13. The molecule has 2 aliphatic heterocycles. The molecule has 160 valence electrons. The van der Waals surface area contributed by atoms with Crippen molar-refractivity contribution in [3.05, 3.63) is 71.3 Å². The number of carbonyl (C=O) groups is 2. The van der Waals surface area contributed by atoms with Gasteiger partial charge in [-0.15, -0.1) is 0 Å². The Morgan fingerprint density at radius 1 is 1.13 bits per heavy atom. The van der Waals surface area contributed by atoms with E-state index in [1.165, 1.54) is 10.5 Å². The van der Waals surface area contributed by atoms with Crippen molar-refractivity contribution in [2.75, 3.05) is 32.7 Å². The van der Waals surface area contributed by atoms with E-state index in [-0.39, 0.29) is 23.8 Å². The number of quaternary nitrogens is 1. The van der Waals surface area contributed by atoms with Gasteiger partial charge in [0.15, 0.2) is 0 Å². The van der Waals surface area contributed by atoms with E-state index in [1.807, 2.05) is 71.3 Å². The Bertz CT molecular complexity index is 959. The fourth-order valence-electron chi connectivity index (χ4n) is 4.65. The van der Waals surface area contributed by atoms with Crippen molar-refractivity contribution in [3.63, 3.8) is 0 Å². The predicted molar refractivity (Wildman–Crippen MR) is 117 cm³/mol. The van der Waals surface area contributed by atoms with E-state index in [9.17, 15) is 9.59 Å². The highest BCUT2D eigenvalue weighted by atomic mass is 16.2. The van der Waals surface area contributed by atoms with Crippen molar-refractivity contribution in [1.82, 2.24) is 9.80 Å². The summed E-state index contributed by atoms with van der Waals surface area (Å²) < 4.78 is 0. The summed E-state index contributed by atoms with van der Waals surface area (Å²) in [6.07, 6.45) is 0.314. The molecule has 2 fully saturated rings. The van der Waals surface area contributed by atoms with E-state index in [0.717, 1.165) is 38.3 Å². The minimum absolute atomic E-state index is 0.0137. The van der Waals surface area contributed by atoms with Gasteiger partial charge in [-0.05, 0) is 24.6 Å². The lowest BCUT2D eigenvalue weighted by atomic mass is 10.1. The molecule has 31 heavy (non-hydrogen) atoms. The first-order valence-electron chi connectivity index (χ1n) is 11.0. The van der Waals surface area contributed by atoms with Crippen molar-refractivity contribution in [2.24, 2.45) is 5.92 Å². The van der Waals surface area contributed by atoms with Crippen molar-refractivity contribution in [1.29, 1.82) is 5.26 Å². The van der Waals surface area contributed by atoms with E-state index < -0.39 is 0 Å². The Balaban J connectivity index is 1.29. The van der Waals surface area contributed by atoms with Crippen LogP contribution in [0, 0.1) is 17.2 Å². The van der Waals surface area contributed by atoms with Gasteiger partial charge in [0.25, 0.3) is 0 Å². The zero-order valence-corrected chi connectivity index (χ0v) is 18.0. The summed E-state index contributed by atoms with van der Waals surface area (Å²) in [6, 6.07) is 19.9. The van der Waals surface area contributed by atoms with Gasteiger partial charge in [0.1, 0.15) is 6.54 Å². The third-order valence-electron chi connectivity index (χ3n) is 6.58. The maximum Gasteiger partial charge on any atom is 0.228 e. The van der Waals surface area contributed by atoms with Crippen LogP contribution in [-0.2, 0) is 16.1 Å². The first-order chi connectivity index (χ1) is 15.0. The summed E-state index contributed by atoms with van der Waals surface area (Å²) >= 11 is 0. The van der Waals surface area contributed by atoms with Crippen molar-refractivity contribution in [2.45, 2.75) is 25.9 Å². The largest absolute Gasteiger partial charge is 0.335 e. The normalized spacial score (nSPS) is 20.5. The zero-order chi connectivity index (χ0) is 21.8. The summed E-state index contributed by atoms with van der Waals surface area (Å²) in [5.74, 6) is -0.0490. The first-order valence-corrected chi connectivity index (χ1v) is 11.0. The van der Waals surface area contributed by atoms with Crippen LogP contribution in [0.4, 0.5) is 0 Å². The fraction of sp³-hybridized carbons (Fsp3) is 0.400. The number of benzene rings is 2. The van der Waals surface area contributed by atoms with Crippen LogP contribution in [0.2, 0.25) is 0 Å². The Kier molecular flexibility index (Phi) is 6.34. The standard InChI is InChI=1S/C25H28N4O2/c1-19(22-5-3-2-4-6-22)29-18-23(15-24(29)30)25(31)28-13-11-27(12-14-28)17-21-9-7-20(16-26)8-10-21/h2-10,19,23H,11-15,17-18H2,1H3/p+1/t19-,23+/m1/s1. The molecule has 6 nitrogen and oxygen atoms in total. The SMILES string of the molecule is C[C@H](c1ccccc1)N1C[C@@H](C(=O)N2CC[NH+](Cc3ccc(C#N)cc3)CC2)CC1=O. The molecule has 1 N–H and O–H groups in total. The molecule has 0 unspecified atom stereocenters. The van der Waals surface area contributed by atoms with Crippen LogP contribution in [0.15, 0.2) is 54.6 Å². The smallest absolute Gasteiger partial charge is 0.228 e. The number of rotatable bonds is 5. The number of carbonyl (C=O) groups excluding carboxylic acids is 2. The van der Waals surface area contributed by atoms with Gasteiger partial charge in [-0.1, -0.05) is 42.5 Å². The van der Waals surface area contributed by atoms with E-state index in [4.69, 9.17) is 5.26 Å². The molecule has 2 aromatic rings. The third kappa shape index (κ3) is 4.78. The van der Waals surface area contributed by atoms with E-state index in [2.05, 4.69) is 6.07 Å². The molecule has 0 spiro atoms. The van der Waals surface area contributed by atoms with Crippen molar-refractivity contribution < 1.29 is 14.5 Å². The van der Waals surface area contributed by atoms with Crippen LogP contribution in [-0.4, -0.2) is 54.3 Å². The lowest BCUT2D eigenvalue weighted by molar-refractivity contribution is -0.917. The molecule has 2 aromatic carbocycles. The van der Waals surface area contributed by atoms with Gasteiger partial charge in [-0.2, -0.15) is 5.26 Å². The molecule has 4 rings (SSSR count). The zero-order valence-electron chi connectivity index (χ0n) is 18.0. The van der Waals surface area contributed by atoms with Gasteiger partial charge in [0.05, 0.1) is 49.8 Å². The minimum Gasteiger partial charge on any atom is -0.335 e. The van der Waals surface area contributed by atoms with Crippen molar-refractivity contribution >= 4 is 11.8 Å². The summed E-state index contributed by atoms with van der Waals surface area (Å²) in [7, 11) is 0. The highest BCUT2D eigenvalue weighted by molar-refractivity contribution is 5.89. The van der Waals surface area contributed by atoms with Crippen LogP contribution in [0.1, 0.15) is 36.1 Å². The van der Waals surface area contributed by atoms with Crippen LogP contribution in [0.25, 0.3) is 0 Å². The van der Waals surface area contributed by atoms with Crippen LogP contribution in [0.3, 0.4) is 0 Å². The molecule has 0 bridgehead atoms. The lowest BCUT2D eigenvalue weighted by Gasteiger charge is -2.33. The molecular weight excluding hydrogens is 388 g/mol. The minimum atomic E-state index is -0.237. The highest BCUT2D eigenvalue weighted by Gasteiger charge is 2.39. The van der Waals surface area contributed by atoms with Crippen LogP contribution >= 0.6 is 0 Å². The van der Waals surface area contributed by atoms with Gasteiger partial charge in [0, 0.05) is 18.5 Å². The maximum atomic E-state index is 13.1. The second kappa shape index (κ2) is 9.32. The molecule has 6 heteroatoms. The summed E-state index contributed by atoms with van der Waals surface area (Å²) in [4.78, 5) is 30.9. The van der Waals surface area contributed by atoms with Gasteiger partial charge >= 0.3 is 0 Å². The molecule has 0 radical (unpaired) electrons. The predicted octanol–water partition coefficient (Wildman–Crippen LogP) is 1.40. The molecule has 2 atom stereocenters. The summed E-state index contributed by atoms with van der Waals surface area (Å²) in [5.41, 5.74) is 2.99. The van der Waals surface area contributed by atoms with Crippen molar-refractivity contribution in [3.8, 4) is 6.07 Å². The second-order valence-electron chi connectivity index (χ2n) is 8.59. The molecule has 2 amide bonds. The molecule has 2 saturated heterocycles. The fourth-order valence-corrected chi connectivity index (χ4v) is 4.65. The molecular formula is C25H29N4O2+. The Morgan fingerprint density at radius 2 is 1.81 bits per heavy atom. The number of nitrogens with one attached hydrogen (secondary N) is 1. The molecule has 2 heterocycles. The Labute approximate surface area is 183 Å². The molecule has 0 aliphatic carbocycles. The van der Waals surface area contributed by atoms with Gasteiger partial charge in [-0.3, -0.25) is 9.59 Å². The number of amides is 2.